The molecule has 0 fully saturated rings. The Morgan fingerprint density at radius 1 is 1.04 bits per heavy atom. The number of hydrogen-bond donors (Lipinski definition) is 1. The zero-order valence-electron chi connectivity index (χ0n) is 14.5. The summed E-state index contributed by atoms with van der Waals surface area (Å²) in [6, 6.07) is 7.31. The van der Waals surface area contributed by atoms with Crippen molar-refractivity contribution >= 4 is 22.7 Å². The number of furan rings is 1. The van der Waals surface area contributed by atoms with Gasteiger partial charge in [0, 0.05) is 23.2 Å². The first-order valence-corrected chi connectivity index (χ1v) is 8.19. The van der Waals surface area contributed by atoms with E-state index in [0.717, 1.165) is 29.1 Å². The fourth-order valence-corrected chi connectivity index (χ4v) is 2.90. The van der Waals surface area contributed by atoms with Crippen LogP contribution in [0.4, 0.5) is 19.0 Å². The second-order valence-corrected chi connectivity index (χ2v) is 6.12. The summed E-state index contributed by atoms with van der Waals surface area (Å²) in [5.41, 5.74) is 2.09. The molecule has 5 nitrogen and oxygen atoms in total. The number of carbonyl (C=O) groups excluding carboxylic acids is 1. The van der Waals surface area contributed by atoms with Gasteiger partial charge < -0.3 is 9.73 Å². The molecule has 4 rings (SSSR count). The first kappa shape index (κ1) is 17.7. The van der Waals surface area contributed by atoms with Crippen molar-refractivity contribution in [2.75, 3.05) is 5.32 Å². The summed E-state index contributed by atoms with van der Waals surface area (Å²) in [5, 5.41) is 2.95. The molecule has 0 aliphatic heterocycles. The number of fused-ring (bicyclic) bond motifs is 1. The summed E-state index contributed by atoms with van der Waals surface area (Å²) in [6.07, 6.45) is 3.01. The zero-order chi connectivity index (χ0) is 19.8. The van der Waals surface area contributed by atoms with Gasteiger partial charge in [0.1, 0.15) is 17.0 Å². The van der Waals surface area contributed by atoms with Crippen molar-refractivity contribution in [1.29, 1.82) is 0 Å². The Labute approximate surface area is 156 Å². The molecule has 0 unspecified atom stereocenters. The third-order valence-corrected chi connectivity index (χ3v) is 4.23. The summed E-state index contributed by atoms with van der Waals surface area (Å²) in [5.74, 6) is -2.97. The minimum Gasteiger partial charge on any atom is -0.431 e. The lowest BCUT2D eigenvalue weighted by Gasteiger charge is -2.09. The maximum atomic E-state index is 13.6. The predicted molar refractivity (Wildman–Crippen MR) is 96.2 cm³/mol. The van der Waals surface area contributed by atoms with E-state index < -0.39 is 29.1 Å². The van der Waals surface area contributed by atoms with Gasteiger partial charge in [-0.1, -0.05) is 0 Å². The van der Waals surface area contributed by atoms with Crippen molar-refractivity contribution in [2.24, 2.45) is 0 Å². The van der Waals surface area contributed by atoms with Crippen LogP contribution in [0, 0.1) is 24.6 Å². The summed E-state index contributed by atoms with van der Waals surface area (Å²) in [4.78, 5) is 19.6. The Kier molecular flexibility index (Phi) is 4.31. The lowest BCUT2D eigenvalue weighted by Crippen LogP contribution is -2.16. The van der Waals surface area contributed by atoms with Crippen molar-refractivity contribution < 1.29 is 22.4 Å². The van der Waals surface area contributed by atoms with Gasteiger partial charge in [-0.05, 0) is 42.3 Å². The van der Waals surface area contributed by atoms with Gasteiger partial charge >= 0.3 is 0 Å². The third kappa shape index (κ3) is 3.20. The molecular formula is C20H12F3N3O2. The van der Waals surface area contributed by atoms with Gasteiger partial charge in [-0.2, -0.15) is 4.39 Å². The second kappa shape index (κ2) is 6.80. The van der Waals surface area contributed by atoms with E-state index in [4.69, 9.17) is 4.42 Å². The zero-order valence-corrected chi connectivity index (χ0v) is 14.5. The van der Waals surface area contributed by atoms with Crippen molar-refractivity contribution in [2.45, 2.75) is 6.92 Å². The number of nitrogens with one attached hydrogen (secondary N) is 1. The standard InChI is InChI=1S/C20H12F3N3O2/c1-10-4-16-12(6-17(23)28-16)5-13(10)11-2-3-18(25-7-11)26-20(27)19-14(21)8-24-9-15(19)22/h2-9H,1H3,(H,25,26,27). The number of aryl methyl sites for hydroxylation is 1. The number of rotatable bonds is 3. The van der Waals surface area contributed by atoms with Gasteiger partial charge in [0.2, 0.25) is 0 Å². The molecule has 3 heterocycles. The first-order chi connectivity index (χ1) is 13.4. The van der Waals surface area contributed by atoms with E-state index in [9.17, 15) is 18.0 Å². The molecule has 1 N–H and O–H groups in total. The van der Waals surface area contributed by atoms with Crippen LogP contribution in [0.3, 0.4) is 0 Å². The number of aromatic nitrogens is 2. The molecule has 3 aromatic heterocycles. The van der Waals surface area contributed by atoms with E-state index in [1.807, 2.05) is 6.92 Å². The summed E-state index contributed by atoms with van der Waals surface area (Å²) < 4.78 is 45.5. The van der Waals surface area contributed by atoms with Crippen LogP contribution in [0.25, 0.3) is 22.1 Å². The smallest absolute Gasteiger partial charge is 0.278 e. The van der Waals surface area contributed by atoms with E-state index in [1.54, 1.807) is 18.2 Å². The molecule has 4 aromatic rings. The lowest BCUT2D eigenvalue weighted by molar-refractivity contribution is 0.101. The summed E-state index contributed by atoms with van der Waals surface area (Å²) in [7, 11) is 0. The van der Waals surface area contributed by atoms with E-state index in [1.165, 1.54) is 18.3 Å². The lowest BCUT2D eigenvalue weighted by atomic mass is 10.0. The molecule has 140 valence electrons. The van der Waals surface area contributed by atoms with E-state index in [0.29, 0.717) is 11.0 Å². The van der Waals surface area contributed by atoms with Gasteiger partial charge in [-0.25, -0.2) is 13.8 Å². The molecule has 0 spiro atoms. The van der Waals surface area contributed by atoms with Crippen LogP contribution < -0.4 is 5.32 Å². The van der Waals surface area contributed by atoms with Crippen molar-refractivity contribution in [1.82, 2.24) is 9.97 Å². The first-order valence-electron chi connectivity index (χ1n) is 8.19. The highest BCUT2D eigenvalue weighted by atomic mass is 19.1. The van der Waals surface area contributed by atoms with Gasteiger partial charge in [0.05, 0.1) is 12.4 Å². The van der Waals surface area contributed by atoms with Gasteiger partial charge in [0.15, 0.2) is 11.6 Å². The Balaban J connectivity index is 1.61. The van der Waals surface area contributed by atoms with Gasteiger partial charge in [-0.15, -0.1) is 0 Å². The number of hydrogen-bond acceptors (Lipinski definition) is 4. The molecule has 0 aliphatic carbocycles. The molecule has 0 saturated heterocycles. The van der Waals surface area contributed by atoms with Gasteiger partial charge in [0.25, 0.3) is 11.9 Å². The molecule has 0 radical (unpaired) electrons. The highest BCUT2D eigenvalue weighted by molar-refractivity contribution is 6.04. The van der Waals surface area contributed by atoms with E-state index in [2.05, 4.69) is 15.3 Å². The fourth-order valence-electron chi connectivity index (χ4n) is 2.90. The van der Waals surface area contributed by atoms with Crippen LogP contribution in [0.15, 0.2) is 53.3 Å². The van der Waals surface area contributed by atoms with Crippen molar-refractivity contribution in [3.8, 4) is 11.1 Å². The average molecular weight is 383 g/mol. The largest absolute Gasteiger partial charge is 0.431 e. The number of amides is 1. The monoisotopic (exact) mass is 383 g/mol. The number of halogens is 3. The number of anilines is 1. The SMILES string of the molecule is Cc1cc2oc(F)cc2cc1-c1ccc(NC(=O)c2c(F)cncc2F)nc1. The summed E-state index contributed by atoms with van der Waals surface area (Å²) >= 11 is 0. The van der Waals surface area contributed by atoms with Crippen molar-refractivity contribution in [3.05, 3.63) is 77.7 Å². The normalized spacial score (nSPS) is 11.0. The van der Waals surface area contributed by atoms with Crippen LogP contribution in [-0.4, -0.2) is 15.9 Å². The Morgan fingerprint density at radius 2 is 1.79 bits per heavy atom. The number of benzene rings is 1. The molecule has 0 saturated carbocycles. The Morgan fingerprint density at radius 3 is 2.46 bits per heavy atom. The maximum absolute atomic E-state index is 13.6. The molecular weight excluding hydrogens is 371 g/mol. The minimum atomic E-state index is -1.06. The Bertz CT molecular complexity index is 1180. The molecule has 0 atom stereocenters. The third-order valence-electron chi connectivity index (χ3n) is 4.23. The van der Waals surface area contributed by atoms with Crippen LogP contribution in [0.1, 0.15) is 15.9 Å². The second-order valence-electron chi connectivity index (χ2n) is 6.12. The highest BCUT2D eigenvalue weighted by Gasteiger charge is 2.18. The summed E-state index contributed by atoms with van der Waals surface area (Å²) in [6.45, 7) is 1.85. The maximum Gasteiger partial charge on any atom is 0.278 e. The molecule has 28 heavy (non-hydrogen) atoms. The van der Waals surface area contributed by atoms with Crippen LogP contribution >= 0.6 is 0 Å². The van der Waals surface area contributed by atoms with Crippen LogP contribution in [-0.2, 0) is 0 Å². The predicted octanol–water partition coefficient (Wildman–Crippen LogP) is 4.87. The fraction of sp³-hybridized carbons (Fsp3) is 0.0500. The van der Waals surface area contributed by atoms with E-state index in [-0.39, 0.29) is 5.82 Å². The molecule has 1 amide bonds. The Hall–Kier alpha value is -3.68. The van der Waals surface area contributed by atoms with Crippen LogP contribution in [0.5, 0.6) is 0 Å². The van der Waals surface area contributed by atoms with E-state index >= 15 is 0 Å². The minimum absolute atomic E-state index is 0.123. The van der Waals surface area contributed by atoms with Crippen LogP contribution in [0.2, 0.25) is 0 Å². The topological polar surface area (TPSA) is 68.0 Å². The molecule has 1 aromatic carbocycles. The number of pyridine rings is 2. The molecule has 0 bridgehead atoms. The highest BCUT2D eigenvalue weighted by Crippen LogP contribution is 2.30. The molecule has 0 aliphatic rings. The quantitative estimate of drug-likeness (QED) is 0.548. The number of nitrogens with zero attached hydrogens (tertiary/aromatic N) is 2. The molecule has 8 heteroatoms. The van der Waals surface area contributed by atoms with Gasteiger partial charge in [-0.3, -0.25) is 9.78 Å². The van der Waals surface area contributed by atoms with Crippen molar-refractivity contribution in [3.63, 3.8) is 0 Å². The number of carbonyl (C=O) groups is 1. The average Bonchev–Trinajstić information content (AvgIpc) is 3.00.